The topological polar surface area (TPSA) is 74.7 Å². The Morgan fingerprint density at radius 1 is 1.44 bits per heavy atom. The summed E-state index contributed by atoms with van der Waals surface area (Å²) in [5.74, 6) is -0.779. The summed E-state index contributed by atoms with van der Waals surface area (Å²) in [6.45, 7) is 5.77. The minimum atomic E-state index is -2.98. The van der Waals surface area contributed by atoms with E-state index in [2.05, 4.69) is 0 Å². The maximum atomic E-state index is 11.4. The lowest BCUT2D eigenvalue weighted by Crippen LogP contribution is -2.55. The molecular weight excluding hydrogens is 230 g/mol. The maximum Gasteiger partial charge on any atom is 0.321 e. The van der Waals surface area contributed by atoms with Crippen LogP contribution in [0.1, 0.15) is 20.8 Å². The van der Waals surface area contributed by atoms with Gasteiger partial charge in [-0.3, -0.25) is 9.69 Å². The minimum Gasteiger partial charge on any atom is -0.480 e. The van der Waals surface area contributed by atoms with Crippen molar-refractivity contribution >= 4 is 15.8 Å². The molecule has 0 radical (unpaired) electrons. The highest BCUT2D eigenvalue weighted by molar-refractivity contribution is 7.91. The van der Waals surface area contributed by atoms with E-state index >= 15 is 0 Å². The van der Waals surface area contributed by atoms with Crippen LogP contribution in [0.4, 0.5) is 0 Å². The van der Waals surface area contributed by atoms with Gasteiger partial charge in [0.2, 0.25) is 0 Å². The molecule has 0 saturated carbocycles. The van der Waals surface area contributed by atoms with E-state index in [9.17, 15) is 13.2 Å². The lowest BCUT2D eigenvalue weighted by Gasteiger charge is -2.38. The standard InChI is InChI=1S/C10H19NO4S/c1-7(2)9(10(12)13)11-4-5-16(14,15)6-8(11)3/h7-9H,4-6H2,1-3H3,(H,12,13). The van der Waals surface area contributed by atoms with Crippen LogP contribution in [-0.4, -0.2) is 54.5 Å². The van der Waals surface area contributed by atoms with Gasteiger partial charge in [-0.2, -0.15) is 0 Å². The van der Waals surface area contributed by atoms with Crippen molar-refractivity contribution in [2.45, 2.75) is 32.9 Å². The van der Waals surface area contributed by atoms with E-state index in [0.717, 1.165) is 0 Å². The van der Waals surface area contributed by atoms with Gasteiger partial charge in [0.1, 0.15) is 6.04 Å². The molecule has 2 atom stereocenters. The van der Waals surface area contributed by atoms with E-state index < -0.39 is 21.8 Å². The highest BCUT2D eigenvalue weighted by atomic mass is 32.2. The molecule has 1 aliphatic rings. The highest BCUT2D eigenvalue weighted by Crippen LogP contribution is 2.19. The summed E-state index contributed by atoms with van der Waals surface area (Å²) in [4.78, 5) is 12.9. The van der Waals surface area contributed by atoms with Crippen LogP contribution in [0.2, 0.25) is 0 Å². The van der Waals surface area contributed by atoms with Crippen molar-refractivity contribution in [1.82, 2.24) is 4.90 Å². The second kappa shape index (κ2) is 4.71. The molecular formula is C10H19NO4S. The van der Waals surface area contributed by atoms with Crippen LogP contribution in [0, 0.1) is 5.92 Å². The van der Waals surface area contributed by atoms with Crippen molar-refractivity contribution in [3.8, 4) is 0 Å². The zero-order valence-corrected chi connectivity index (χ0v) is 10.7. The van der Waals surface area contributed by atoms with E-state index in [-0.39, 0.29) is 23.5 Å². The number of aliphatic carboxylic acids is 1. The van der Waals surface area contributed by atoms with Crippen molar-refractivity contribution in [1.29, 1.82) is 0 Å². The molecule has 0 aromatic carbocycles. The van der Waals surface area contributed by atoms with E-state index in [1.165, 1.54) is 0 Å². The number of carboxylic acids is 1. The minimum absolute atomic E-state index is 0.0271. The first-order chi connectivity index (χ1) is 7.24. The van der Waals surface area contributed by atoms with Crippen molar-refractivity contribution in [2.75, 3.05) is 18.1 Å². The first kappa shape index (κ1) is 13.4. The predicted molar refractivity (Wildman–Crippen MR) is 61.1 cm³/mol. The largest absolute Gasteiger partial charge is 0.480 e. The summed E-state index contributed by atoms with van der Waals surface area (Å²) in [7, 11) is -2.98. The number of rotatable bonds is 3. The molecule has 1 fully saturated rings. The fraction of sp³-hybridized carbons (Fsp3) is 0.900. The summed E-state index contributed by atoms with van der Waals surface area (Å²) >= 11 is 0. The summed E-state index contributed by atoms with van der Waals surface area (Å²) in [5, 5.41) is 9.15. The summed E-state index contributed by atoms with van der Waals surface area (Å²) < 4.78 is 22.8. The molecule has 1 aliphatic heterocycles. The number of nitrogens with zero attached hydrogens (tertiary/aromatic N) is 1. The summed E-state index contributed by atoms with van der Waals surface area (Å²) in [5.41, 5.74) is 0. The van der Waals surface area contributed by atoms with Gasteiger partial charge < -0.3 is 5.11 Å². The number of hydrogen-bond donors (Lipinski definition) is 1. The first-order valence-electron chi connectivity index (χ1n) is 5.43. The molecule has 5 nitrogen and oxygen atoms in total. The van der Waals surface area contributed by atoms with Gasteiger partial charge in [-0.1, -0.05) is 13.8 Å². The van der Waals surface area contributed by atoms with Crippen molar-refractivity contribution in [2.24, 2.45) is 5.92 Å². The molecule has 0 bridgehead atoms. The van der Waals surface area contributed by atoms with Gasteiger partial charge in [-0.05, 0) is 12.8 Å². The Labute approximate surface area is 96.4 Å². The molecule has 1 saturated heterocycles. The van der Waals surface area contributed by atoms with Crippen LogP contribution in [0.15, 0.2) is 0 Å². The Kier molecular flexibility index (Phi) is 3.96. The Morgan fingerprint density at radius 3 is 2.38 bits per heavy atom. The Hall–Kier alpha value is -0.620. The molecule has 1 rings (SSSR count). The van der Waals surface area contributed by atoms with E-state index in [0.29, 0.717) is 6.54 Å². The first-order valence-corrected chi connectivity index (χ1v) is 7.25. The zero-order chi connectivity index (χ0) is 12.5. The van der Waals surface area contributed by atoms with Crippen LogP contribution < -0.4 is 0 Å². The molecule has 0 amide bonds. The van der Waals surface area contributed by atoms with Crippen molar-refractivity contribution in [3.05, 3.63) is 0 Å². The highest BCUT2D eigenvalue weighted by Gasteiger charge is 2.37. The maximum absolute atomic E-state index is 11.4. The van der Waals surface area contributed by atoms with Crippen LogP contribution in [0.3, 0.4) is 0 Å². The van der Waals surface area contributed by atoms with Crippen molar-refractivity contribution in [3.63, 3.8) is 0 Å². The number of carboxylic acid groups (broad SMARTS) is 1. The Balaban J connectivity index is 2.85. The van der Waals surface area contributed by atoms with E-state index in [1.807, 2.05) is 13.8 Å². The third-order valence-electron chi connectivity index (χ3n) is 2.96. The lowest BCUT2D eigenvalue weighted by molar-refractivity contribution is -0.146. The summed E-state index contributed by atoms with van der Waals surface area (Å²) in [6.07, 6.45) is 0. The number of carbonyl (C=O) groups is 1. The second-order valence-electron chi connectivity index (χ2n) is 4.73. The summed E-state index contributed by atoms with van der Waals surface area (Å²) in [6, 6.07) is -0.812. The molecule has 6 heteroatoms. The fourth-order valence-corrected chi connectivity index (χ4v) is 3.82. The van der Waals surface area contributed by atoms with Crippen molar-refractivity contribution < 1.29 is 18.3 Å². The van der Waals surface area contributed by atoms with Crippen LogP contribution in [-0.2, 0) is 14.6 Å². The molecule has 1 N–H and O–H groups in total. The smallest absolute Gasteiger partial charge is 0.321 e. The van der Waals surface area contributed by atoms with E-state index in [1.54, 1.807) is 11.8 Å². The third kappa shape index (κ3) is 2.95. The molecule has 1 heterocycles. The molecule has 2 unspecified atom stereocenters. The van der Waals surface area contributed by atoms with Crippen LogP contribution in [0.25, 0.3) is 0 Å². The van der Waals surface area contributed by atoms with Gasteiger partial charge in [0.05, 0.1) is 11.5 Å². The van der Waals surface area contributed by atoms with Gasteiger partial charge >= 0.3 is 5.97 Å². The van der Waals surface area contributed by atoms with Gasteiger partial charge in [-0.15, -0.1) is 0 Å². The fourth-order valence-electron chi connectivity index (χ4n) is 2.23. The third-order valence-corrected chi connectivity index (χ3v) is 4.76. The molecule has 0 aliphatic carbocycles. The van der Waals surface area contributed by atoms with Gasteiger partial charge in [-0.25, -0.2) is 8.42 Å². The molecule has 0 spiro atoms. The van der Waals surface area contributed by atoms with Gasteiger partial charge in [0.15, 0.2) is 9.84 Å². The molecule has 0 aromatic rings. The molecule has 0 aromatic heterocycles. The Morgan fingerprint density at radius 2 is 2.00 bits per heavy atom. The lowest BCUT2D eigenvalue weighted by atomic mass is 10.0. The average molecular weight is 249 g/mol. The number of hydrogen-bond acceptors (Lipinski definition) is 4. The SMILES string of the molecule is CC(C)C(C(=O)O)N1CCS(=O)(=O)CC1C. The van der Waals surface area contributed by atoms with Crippen LogP contribution in [0.5, 0.6) is 0 Å². The average Bonchev–Trinajstić information content (AvgIpc) is 2.07. The zero-order valence-electron chi connectivity index (χ0n) is 9.88. The predicted octanol–water partition coefficient (Wildman–Crippen LogP) is 0.215. The molecule has 94 valence electrons. The molecule has 16 heavy (non-hydrogen) atoms. The van der Waals surface area contributed by atoms with Gasteiger partial charge in [0, 0.05) is 12.6 Å². The van der Waals surface area contributed by atoms with E-state index in [4.69, 9.17) is 5.11 Å². The second-order valence-corrected chi connectivity index (χ2v) is 6.96. The quantitative estimate of drug-likeness (QED) is 0.774. The van der Waals surface area contributed by atoms with Gasteiger partial charge in [0.25, 0.3) is 0 Å². The van der Waals surface area contributed by atoms with Crippen LogP contribution >= 0.6 is 0 Å². The monoisotopic (exact) mass is 249 g/mol. The number of sulfone groups is 1. The Bertz CT molecular complexity index is 363. The normalized spacial score (nSPS) is 27.9.